The van der Waals surface area contributed by atoms with Crippen molar-refractivity contribution in [1.82, 2.24) is 24.8 Å². The molecule has 0 spiro atoms. The van der Waals surface area contributed by atoms with Gasteiger partial charge in [0.2, 0.25) is 0 Å². The second kappa shape index (κ2) is 11.4. The Balaban J connectivity index is 1.52. The number of hydrogen-bond acceptors (Lipinski definition) is 8. The fourth-order valence-electron chi connectivity index (χ4n) is 4.76. The first-order chi connectivity index (χ1) is 18.9. The molecule has 0 N–H and O–H groups in total. The zero-order valence-electron chi connectivity index (χ0n) is 21.6. The molecule has 12 heteroatoms. The van der Waals surface area contributed by atoms with Crippen LogP contribution in [0.3, 0.4) is 0 Å². The minimum atomic E-state index is -0.878. The Labute approximate surface area is 229 Å². The number of fused-ring (bicyclic) bond motifs is 3. The molecular formula is C27H27ClFN5O5. The van der Waals surface area contributed by atoms with Crippen molar-refractivity contribution in [3.63, 3.8) is 0 Å². The van der Waals surface area contributed by atoms with Crippen LogP contribution in [-0.2, 0) is 27.2 Å². The lowest BCUT2D eigenvalue weighted by atomic mass is 9.97. The molecule has 3 heterocycles. The molecule has 1 aliphatic heterocycles. The predicted octanol–water partition coefficient (Wildman–Crippen LogP) is 4.63. The van der Waals surface area contributed by atoms with Gasteiger partial charge in [-0.15, -0.1) is 10.2 Å². The number of nitrogens with zero attached hydrogens (tertiary/aromatic N) is 5. The summed E-state index contributed by atoms with van der Waals surface area (Å²) in [6.45, 7) is 2.34. The van der Waals surface area contributed by atoms with Crippen LogP contribution in [0.15, 0.2) is 48.7 Å². The number of esters is 1. The van der Waals surface area contributed by atoms with E-state index in [0.29, 0.717) is 29.3 Å². The summed E-state index contributed by atoms with van der Waals surface area (Å²) in [6.07, 6.45) is 0.892. The first-order valence-corrected chi connectivity index (χ1v) is 12.8. The predicted molar refractivity (Wildman–Crippen MR) is 139 cm³/mol. The van der Waals surface area contributed by atoms with Crippen molar-refractivity contribution in [3.05, 3.63) is 82.1 Å². The van der Waals surface area contributed by atoms with E-state index in [0.717, 1.165) is 11.4 Å². The van der Waals surface area contributed by atoms with Crippen molar-refractivity contribution in [2.75, 3.05) is 20.8 Å². The average Bonchev–Trinajstić information content (AvgIpc) is 3.56. The fourth-order valence-corrected chi connectivity index (χ4v) is 4.94. The molecule has 0 radical (unpaired) electrons. The zero-order chi connectivity index (χ0) is 27.5. The molecule has 0 amide bonds. The van der Waals surface area contributed by atoms with Crippen LogP contribution in [0.2, 0.25) is 5.02 Å². The highest BCUT2D eigenvalue weighted by molar-refractivity contribution is 6.30. The summed E-state index contributed by atoms with van der Waals surface area (Å²) < 4.78 is 40.2. The van der Waals surface area contributed by atoms with E-state index in [-0.39, 0.29) is 30.2 Å². The van der Waals surface area contributed by atoms with Gasteiger partial charge in [0.25, 0.3) is 0 Å². The maximum atomic E-state index is 15.5. The Morgan fingerprint density at radius 1 is 1.18 bits per heavy atom. The topological polar surface area (TPSA) is 103 Å². The van der Waals surface area contributed by atoms with E-state index in [1.165, 1.54) is 31.1 Å². The third-order valence-electron chi connectivity index (χ3n) is 6.43. The number of halogens is 2. The Morgan fingerprint density at radius 2 is 2.03 bits per heavy atom. The Bertz CT molecular complexity index is 1490. The van der Waals surface area contributed by atoms with Crippen LogP contribution in [0.5, 0.6) is 11.5 Å². The van der Waals surface area contributed by atoms with Gasteiger partial charge in [-0.05, 0) is 54.6 Å². The maximum absolute atomic E-state index is 15.5. The lowest BCUT2D eigenvalue weighted by molar-refractivity contribution is -0.142. The second-order valence-electron chi connectivity index (χ2n) is 8.78. The number of hydrogen-bond donors (Lipinski definition) is 0. The van der Waals surface area contributed by atoms with Gasteiger partial charge < -0.3 is 23.5 Å². The molecule has 0 saturated carbocycles. The number of carbonyl (C=O) groups excluding carboxylic acids is 1. The maximum Gasteiger partial charge on any atom is 0.313 e. The summed E-state index contributed by atoms with van der Waals surface area (Å²) >= 11 is 6.42. The number of methoxy groups -OCH3 is 2. The highest BCUT2D eigenvalue weighted by atomic mass is 35.5. The zero-order valence-corrected chi connectivity index (χ0v) is 22.4. The molecule has 204 valence electrons. The van der Waals surface area contributed by atoms with Gasteiger partial charge in [0.1, 0.15) is 24.4 Å². The van der Waals surface area contributed by atoms with Crippen molar-refractivity contribution in [1.29, 1.82) is 0 Å². The molecule has 0 bridgehead atoms. The lowest BCUT2D eigenvalue weighted by Gasteiger charge is -2.25. The van der Waals surface area contributed by atoms with Crippen molar-refractivity contribution >= 4 is 17.6 Å². The molecular weight excluding hydrogens is 529 g/mol. The van der Waals surface area contributed by atoms with E-state index in [1.54, 1.807) is 19.1 Å². The highest BCUT2D eigenvalue weighted by Gasteiger charge is 2.35. The second-order valence-corrected chi connectivity index (χ2v) is 9.22. The summed E-state index contributed by atoms with van der Waals surface area (Å²) in [6, 6.07) is 12.1. The Hall–Kier alpha value is -3.96. The minimum absolute atomic E-state index is 0.0658. The summed E-state index contributed by atoms with van der Waals surface area (Å²) in [4.78, 5) is 13.2. The number of aromatic nitrogens is 5. The van der Waals surface area contributed by atoms with Crippen molar-refractivity contribution in [2.24, 2.45) is 0 Å². The van der Waals surface area contributed by atoms with Crippen molar-refractivity contribution in [3.8, 4) is 17.2 Å². The van der Waals surface area contributed by atoms with Crippen LogP contribution in [0.4, 0.5) is 4.39 Å². The summed E-state index contributed by atoms with van der Waals surface area (Å²) in [7, 11) is 2.95. The molecule has 2 unspecified atom stereocenters. The number of carbonyl (C=O) groups is 1. The highest BCUT2D eigenvalue weighted by Crippen LogP contribution is 2.47. The lowest BCUT2D eigenvalue weighted by Crippen LogP contribution is -2.16. The molecule has 2 atom stereocenters. The molecule has 39 heavy (non-hydrogen) atoms. The van der Waals surface area contributed by atoms with Gasteiger partial charge in [0, 0.05) is 23.2 Å². The molecule has 0 fully saturated rings. The average molecular weight is 556 g/mol. The largest absolute Gasteiger partial charge is 0.493 e. The van der Waals surface area contributed by atoms with Gasteiger partial charge in [-0.2, -0.15) is 4.80 Å². The van der Waals surface area contributed by atoms with Crippen LogP contribution in [0, 0.1) is 5.82 Å². The quantitative estimate of drug-likeness (QED) is 0.275. The number of aryl methyl sites for hydroxylation is 1. The van der Waals surface area contributed by atoms with Crippen LogP contribution in [-0.4, -0.2) is 51.6 Å². The van der Waals surface area contributed by atoms with Gasteiger partial charge in [-0.1, -0.05) is 11.6 Å². The van der Waals surface area contributed by atoms with E-state index >= 15 is 4.39 Å². The first-order valence-electron chi connectivity index (χ1n) is 12.4. The van der Waals surface area contributed by atoms with Crippen molar-refractivity contribution in [2.45, 2.75) is 38.5 Å². The Kier molecular flexibility index (Phi) is 7.80. The molecule has 0 aliphatic carbocycles. The minimum Gasteiger partial charge on any atom is -0.493 e. The number of benzene rings is 2. The van der Waals surface area contributed by atoms with E-state index in [1.807, 2.05) is 29.0 Å². The van der Waals surface area contributed by atoms with Gasteiger partial charge in [-0.25, -0.2) is 4.39 Å². The first kappa shape index (κ1) is 26.6. The summed E-state index contributed by atoms with van der Waals surface area (Å²) in [5.41, 5.74) is 2.53. The van der Waals surface area contributed by atoms with Crippen LogP contribution in [0.1, 0.15) is 48.2 Å². The molecule has 0 saturated heterocycles. The molecule has 2 aromatic heterocycles. The molecule has 1 aliphatic rings. The van der Waals surface area contributed by atoms with E-state index in [9.17, 15) is 4.79 Å². The normalized spacial score (nSPS) is 16.2. The fraction of sp³-hybridized carbons (Fsp3) is 0.333. The smallest absolute Gasteiger partial charge is 0.313 e. The van der Waals surface area contributed by atoms with E-state index in [4.69, 9.17) is 30.5 Å². The standard InChI is InChI=1S/C27H27ClFN5O5/c1-4-38-24(35)15-23-30-32-34(31-23)13-11-21-20-6-5-12-33(20)19-9-7-16(28)14-17(19)26(39-21)25-18(29)8-10-22(36-2)27(25)37-3/h5-10,12,14,21,26H,4,11,13,15H2,1-3H3. The third kappa shape index (κ3) is 5.32. The van der Waals surface area contributed by atoms with Crippen molar-refractivity contribution < 1.29 is 28.1 Å². The summed E-state index contributed by atoms with van der Waals surface area (Å²) in [5.74, 6) is -0.0459. The van der Waals surface area contributed by atoms with Gasteiger partial charge >= 0.3 is 5.97 Å². The van der Waals surface area contributed by atoms with Gasteiger partial charge in [0.05, 0.1) is 44.3 Å². The van der Waals surface area contributed by atoms with Crippen LogP contribution < -0.4 is 9.47 Å². The van der Waals surface area contributed by atoms with Crippen LogP contribution in [0.25, 0.3) is 5.69 Å². The number of ether oxygens (including phenoxy) is 4. The van der Waals surface area contributed by atoms with E-state index < -0.39 is 24.0 Å². The number of rotatable bonds is 9. The van der Waals surface area contributed by atoms with Crippen LogP contribution >= 0.6 is 11.6 Å². The third-order valence-corrected chi connectivity index (χ3v) is 6.66. The van der Waals surface area contributed by atoms with E-state index in [2.05, 4.69) is 15.4 Å². The SMILES string of the molecule is CCOC(=O)Cc1nnn(CCC2OC(c3c(F)ccc(OC)c3OC)c3cc(Cl)ccc3-n3cccc32)n1. The molecule has 5 rings (SSSR count). The molecule has 2 aromatic carbocycles. The van der Waals surface area contributed by atoms with Gasteiger partial charge in [-0.3, -0.25) is 4.79 Å². The van der Waals surface area contributed by atoms with Gasteiger partial charge in [0.15, 0.2) is 17.3 Å². The number of tetrazole rings is 1. The summed E-state index contributed by atoms with van der Waals surface area (Å²) in [5, 5.41) is 12.8. The monoisotopic (exact) mass is 555 g/mol. The molecule has 4 aromatic rings. The molecule has 10 nitrogen and oxygen atoms in total. The Morgan fingerprint density at radius 3 is 2.79 bits per heavy atom.